The van der Waals surface area contributed by atoms with E-state index in [4.69, 9.17) is 4.74 Å². The minimum atomic E-state index is -2.03. The van der Waals surface area contributed by atoms with E-state index in [-0.39, 0.29) is 5.97 Å². The predicted molar refractivity (Wildman–Crippen MR) is 111 cm³/mol. The molecule has 1 unspecified atom stereocenters. The van der Waals surface area contributed by atoms with Crippen molar-refractivity contribution in [1.29, 1.82) is 0 Å². The number of aliphatic hydroxyl groups is 2. The van der Waals surface area contributed by atoms with Gasteiger partial charge in [0.1, 0.15) is 0 Å². The van der Waals surface area contributed by atoms with E-state index >= 15 is 0 Å². The van der Waals surface area contributed by atoms with Crippen LogP contribution >= 0.6 is 0 Å². The molecule has 0 rings (SSSR count). The van der Waals surface area contributed by atoms with Crippen LogP contribution in [0, 0.1) is 0 Å². The number of carbonyl (C=O) groups is 1. The highest BCUT2D eigenvalue weighted by Gasteiger charge is 2.19. The van der Waals surface area contributed by atoms with Crippen molar-refractivity contribution in [3.63, 3.8) is 0 Å². The molecule has 0 aliphatic heterocycles. The van der Waals surface area contributed by atoms with Crippen LogP contribution in [0.15, 0.2) is 0 Å². The summed E-state index contributed by atoms with van der Waals surface area (Å²) in [5, 5.41) is 20.7. The predicted octanol–water partition coefficient (Wildman–Crippen LogP) is 5.39. The van der Waals surface area contributed by atoms with Crippen molar-refractivity contribution < 1.29 is 19.7 Å². The maximum Gasteiger partial charge on any atom is 0.307 e. The van der Waals surface area contributed by atoms with E-state index in [0.29, 0.717) is 6.42 Å². The molecule has 0 aliphatic carbocycles. The molecule has 0 spiro atoms. The Morgan fingerprint density at radius 3 is 1.56 bits per heavy atom. The minimum Gasteiger partial charge on any atom is -0.447 e. The minimum absolute atomic E-state index is 0.297. The Hall–Kier alpha value is -0.650. The average Bonchev–Trinajstić information content (AvgIpc) is 2.56. The summed E-state index contributed by atoms with van der Waals surface area (Å²) in [6.07, 6.45) is 19.1. The summed E-state index contributed by atoms with van der Waals surface area (Å²) in [5.41, 5.74) is 0. The summed E-state index contributed by atoms with van der Waals surface area (Å²) in [4.78, 5) is 11.6. The Labute approximate surface area is 167 Å². The molecule has 5 nitrogen and oxygen atoms in total. The molecule has 0 aromatic rings. The molecule has 1 atom stereocenters. The van der Waals surface area contributed by atoms with Gasteiger partial charge in [0.05, 0.1) is 0 Å². The van der Waals surface area contributed by atoms with Crippen LogP contribution in [0.3, 0.4) is 0 Å². The monoisotopic (exact) mass is 387 g/mol. The van der Waals surface area contributed by atoms with Crippen LogP contribution in [0.5, 0.6) is 0 Å². The summed E-state index contributed by atoms with van der Waals surface area (Å²) in [7, 11) is 0. The second-order valence-electron chi connectivity index (χ2n) is 8.00. The smallest absolute Gasteiger partial charge is 0.307 e. The Morgan fingerprint density at radius 1 is 0.815 bits per heavy atom. The molecule has 0 heterocycles. The third kappa shape index (κ3) is 21.5. The number of nitrogens with one attached hydrogen (secondary N) is 1. The van der Waals surface area contributed by atoms with Crippen LogP contribution in [0.4, 0.5) is 0 Å². The molecule has 0 aliphatic rings. The van der Waals surface area contributed by atoms with Gasteiger partial charge in [0.15, 0.2) is 6.23 Å². The fraction of sp³-hybridized carbons (Fsp3) is 0.955. The molecular weight excluding hydrogens is 342 g/mol. The second-order valence-corrected chi connectivity index (χ2v) is 8.00. The Morgan fingerprint density at radius 2 is 1.19 bits per heavy atom. The van der Waals surface area contributed by atoms with Crippen molar-refractivity contribution in [1.82, 2.24) is 5.32 Å². The van der Waals surface area contributed by atoms with Crippen molar-refractivity contribution in [3.8, 4) is 0 Å². The molecule has 27 heavy (non-hydrogen) atoms. The second kappa shape index (κ2) is 17.4. The lowest BCUT2D eigenvalue weighted by atomic mass is 10.0. The van der Waals surface area contributed by atoms with Gasteiger partial charge < -0.3 is 14.9 Å². The number of hydrogen-bond acceptors (Lipinski definition) is 5. The summed E-state index contributed by atoms with van der Waals surface area (Å²) in [6.45, 7) is 5.03. The maximum absolute atomic E-state index is 11.6. The molecule has 3 N–H and O–H groups in total. The lowest BCUT2D eigenvalue weighted by molar-refractivity contribution is -0.198. The van der Waals surface area contributed by atoms with Crippen molar-refractivity contribution in [2.24, 2.45) is 0 Å². The van der Waals surface area contributed by atoms with Crippen molar-refractivity contribution >= 4 is 5.97 Å². The van der Waals surface area contributed by atoms with E-state index in [9.17, 15) is 15.0 Å². The quantitative estimate of drug-likeness (QED) is 0.157. The number of rotatable bonds is 19. The van der Waals surface area contributed by atoms with Crippen molar-refractivity contribution in [3.05, 3.63) is 0 Å². The van der Waals surface area contributed by atoms with Crippen LogP contribution in [-0.4, -0.2) is 28.3 Å². The van der Waals surface area contributed by atoms with Gasteiger partial charge >= 0.3 is 5.97 Å². The van der Waals surface area contributed by atoms with E-state index in [2.05, 4.69) is 12.2 Å². The zero-order valence-corrected chi connectivity index (χ0v) is 18.1. The lowest BCUT2D eigenvalue weighted by Crippen LogP contribution is -2.48. The van der Waals surface area contributed by atoms with E-state index in [0.717, 1.165) is 12.8 Å². The van der Waals surface area contributed by atoms with E-state index in [1.807, 2.05) is 0 Å². The van der Waals surface area contributed by atoms with Crippen molar-refractivity contribution in [2.75, 3.05) is 0 Å². The van der Waals surface area contributed by atoms with Gasteiger partial charge in [0, 0.05) is 13.3 Å². The number of esters is 1. The van der Waals surface area contributed by atoms with Crippen LogP contribution in [0.1, 0.15) is 124 Å². The van der Waals surface area contributed by atoms with Gasteiger partial charge in [-0.2, -0.15) is 0 Å². The number of ether oxygens (including phenoxy) is 1. The Kier molecular flexibility index (Phi) is 17.0. The Bertz CT molecular complexity index is 342. The first-order chi connectivity index (χ1) is 12.8. The first-order valence-electron chi connectivity index (χ1n) is 11.3. The van der Waals surface area contributed by atoms with Crippen LogP contribution in [0.2, 0.25) is 0 Å². The highest BCUT2D eigenvalue weighted by molar-refractivity contribution is 5.69. The SMILES string of the molecule is CCCCCCCCCCCCCCCCCC(=O)OC(C)NC(C)(O)O. The maximum atomic E-state index is 11.6. The molecular formula is C22H45NO4. The largest absolute Gasteiger partial charge is 0.447 e. The summed E-state index contributed by atoms with van der Waals surface area (Å²) in [6, 6.07) is 0. The molecule has 5 heteroatoms. The van der Waals surface area contributed by atoms with E-state index in [1.54, 1.807) is 6.92 Å². The Balaban J connectivity index is 3.27. The summed E-state index contributed by atoms with van der Waals surface area (Å²) < 4.78 is 5.08. The number of unbranched alkanes of at least 4 members (excludes halogenated alkanes) is 14. The fourth-order valence-corrected chi connectivity index (χ4v) is 3.31. The zero-order valence-electron chi connectivity index (χ0n) is 18.1. The van der Waals surface area contributed by atoms with Gasteiger partial charge in [-0.3, -0.25) is 4.79 Å². The molecule has 0 bridgehead atoms. The topological polar surface area (TPSA) is 78.8 Å². The number of carbonyl (C=O) groups excluding carboxylic acids is 1. The van der Waals surface area contributed by atoms with Gasteiger partial charge in [-0.15, -0.1) is 0 Å². The van der Waals surface area contributed by atoms with E-state index in [1.165, 1.54) is 90.4 Å². The van der Waals surface area contributed by atoms with Gasteiger partial charge in [-0.1, -0.05) is 96.8 Å². The lowest BCUT2D eigenvalue weighted by Gasteiger charge is -2.23. The molecule has 0 saturated heterocycles. The van der Waals surface area contributed by atoms with Gasteiger partial charge in [0.25, 0.3) is 0 Å². The molecule has 0 radical (unpaired) electrons. The highest BCUT2D eigenvalue weighted by atomic mass is 16.6. The van der Waals surface area contributed by atoms with Gasteiger partial charge in [-0.05, 0) is 13.3 Å². The highest BCUT2D eigenvalue weighted by Crippen LogP contribution is 2.14. The molecule has 0 amide bonds. The first-order valence-corrected chi connectivity index (χ1v) is 11.3. The van der Waals surface area contributed by atoms with Crippen LogP contribution in [-0.2, 0) is 9.53 Å². The molecule has 0 aromatic heterocycles. The summed E-state index contributed by atoms with van der Waals surface area (Å²) >= 11 is 0. The van der Waals surface area contributed by atoms with Crippen LogP contribution in [0.25, 0.3) is 0 Å². The molecule has 0 aromatic carbocycles. The average molecular weight is 388 g/mol. The fourth-order valence-electron chi connectivity index (χ4n) is 3.31. The third-order valence-corrected chi connectivity index (χ3v) is 4.77. The third-order valence-electron chi connectivity index (χ3n) is 4.77. The molecule has 0 saturated carbocycles. The van der Waals surface area contributed by atoms with Crippen molar-refractivity contribution in [2.45, 2.75) is 136 Å². The van der Waals surface area contributed by atoms with Crippen LogP contribution < -0.4 is 5.32 Å². The van der Waals surface area contributed by atoms with Gasteiger partial charge in [-0.25, -0.2) is 5.32 Å². The summed E-state index contributed by atoms with van der Waals surface area (Å²) in [5.74, 6) is -2.33. The van der Waals surface area contributed by atoms with Gasteiger partial charge in [0.2, 0.25) is 5.91 Å². The number of hydrogen-bond donors (Lipinski definition) is 3. The van der Waals surface area contributed by atoms with E-state index < -0.39 is 12.1 Å². The first kappa shape index (κ1) is 26.4. The molecule has 0 fully saturated rings. The zero-order chi connectivity index (χ0) is 20.4. The normalized spacial score (nSPS) is 12.9. The molecule has 162 valence electrons. The standard InChI is InChI=1S/C22H45NO4/c1-4-5-6-7-8-9-10-11-12-13-14-15-16-17-18-19-21(24)27-20(2)23-22(3,25)26/h20,23,25-26H,4-19H2,1-3H3.